The number of carbonyl (C=O) groups excluding carboxylic acids is 1. The second kappa shape index (κ2) is 5.94. The van der Waals surface area contributed by atoms with Crippen molar-refractivity contribution in [1.29, 1.82) is 0 Å². The molecule has 1 unspecified atom stereocenters. The van der Waals surface area contributed by atoms with Crippen LogP contribution in [0.25, 0.3) is 0 Å². The van der Waals surface area contributed by atoms with E-state index in [9.17, 15) is 18.4 Å². The lowest BCUT2D eigenvalue weighted by Gasteiger charge is -2.27. The van der Waals surface area contributed by atoms with Crippen molar-refractivity contribution < 1.29 is 23.5 Å². The van der Waals surface area contributed by atoms with Gasteiger partial charge in [0.2, 0.25) is 0 Å². The molecule has 0 spiro atoms. The number of nitrogens with zero attached hydrogens (tertiary/aromatic N) is 1. The molecule has 0 radical (unpaired) electrons. The molecule has 0 fully saturated rings. The van der Waals surface area contributed by atoms with Gasteiger partial charge in [-0.05, 0) is 17.5 Å². The second-order valence-corrected chi connectivity index (χ2v) is 5.38. The maximum absolute atomic E-state index is 12.3. The van der Waals surface area contributed by atoms with Gasteiger partial charge in [0, 0.05) is 6.20 Å². The molecule has 0 aliphatic carbocycles. The summed E-state index contributed by atoms with van der Waals surface area (Å²) >= 11 is 0. The molecule has 0 saturated heterocycles. The van der Waals surface area contributed by atoms with Crippen molar-refractivity contribution in [3.63, 3.8) is 0 Å². The number of rotatable bonds is 4. The number of amides is 1. The first-order valence-corrected chi connectivity index (χ1v) is 5.90. The minimum atomic E-state index is -2.71. The van der Waals surface area contributed by atoms with Crippen LogP contribution in [0, 0.1) is 5.41 Å². The van der Waals surface area contributed by atoms with E-state index in [-0.39, 0.29) is 5.56 Å². The number of hydrogen-bond acceptors (Lipinski definition) is 3. The third-order valence-electron chi connectivity index (χ3n) is 2.66. The van der Waals surface area contributed by atoms with Crippen molar-refractivity contribution in [2.75, 3.05) is 0 Å². The third-order valence-corrected chi connectivity index (χ3v) is 2.66. The van der Waals surface area contributed by atoms with Gasteiger partial charge in [-0.25, -0.2) is 13.6 Å². The van der Waals surface area contributed by atoms with Gasteiger partial charge in [-0.1, -0.05) is 20.8 Å². The number of carboxylic acid groups (broad SMARTS) is 1. The number of nitrogens with one attached hydrogen (secondary N) is 1. The van der Waals surface area contributed by atoms with Crippen molar-refractivity contribution in [2.24, 2.45) is 5.41 Å². The van der Waals surface area contributed by atoms with Crippen LogP contribution >= 0.6 is 0 Å². The first-order valence-electron chi connectivity index (χ1n) is 5.90. The quantitative estimate of drug-likeness (QED) is 0.889. The standard InChI is InChI=1S/C13H16F2N2O3/c1-13(2,3)9(12(19)20)17-11(18)7-4-5-8(10(14)15)16-6-7/h4-6,9-10H,1-3H3,(H,17,18)(H,19,20). The Labute approximate surface area is 115 Å². The first kappa shape index (κ1) is 16.0. The molecule has 20 heavy (non-hydrogen) atoms. The third kappa shape index (κ3) is 3.97. The Hall–Kier alpha value is -2.05. The van der Waals surface area contributed by atoms with Crippen molar-refractivity contribution in [2.45, 2.75) is 33.2 Å². The van der Waals surface area contributed by atoms with Crippen LogP contribution in [0.3, 0.4) is 0 Å². The maximum Gasteiger partial charge on any atom is 0.326 e. The van der Waals surface area contributed by atoms with E-state index >= 15 is 0 Å². The highest BCUT2D eigenvalue weighted by Crippen LogP contribution is 2.20. The number of pyridine rings is 1. The number of hydrogen-bond donors (Lipinski definition) is 2. The van der Waals surface area contributed by atoms with E-state index in [0.29, 0.717) is 0 Å². The highest BCUT2D eigenvalue weighted by molar-refractivity contribution is 5.96. The normalized spacial score (nSPS) is 13.1. The molecule has 5 nitrogen and oxygen atoms in total. The fourth-order valence-corrected chi connectivity index (χ4v) is 1.53. The van der Waals surface area contributed by atoms with E-state index in [1.807, 2.05) is 0 Å². The van der Waals surface area contributed by atoms with Gasteiger partial charge in [0.15, 0.2) is 0 Å². The van der Waals surface area contributed by atoms with Crippen LogP contribution in [0.15, 0.2) is 18.3 Å². The van der Waals surface area contributed by atoms with Gasteiger partial charge < -0.3 is 10.4 Å². The molecular formula is C13H16F2N2O3. The Morgan fingerprint density at radius 2 is 1.90 bits per heavy atom. The average molecular weight is 286 g/mol. The minimum absolute atomic E-state index is 0.0323. The molecule has 1 aromatic heterocycles. The smallest absolute Gasteiger partial charge is 0.326 e. The van der Waals surface area contributed by atoms with Crippen LogP contribution in [0.5, 0.6) is 0 Å². The summed E-state index contributed by atoms with van der Waals surface area (Å²) in [4.78, 5) is 26.5. The molecule has 0 aromatic carbocycles. The van der Waals surface area contributed by atoms with E-state index in [0.717, 1.165) is 12.3 Å². The van der Waals surface area contributed by atoms with Crippen LogP contribution in [0.2, 0.25) is 0 Å². The van der Waals surface area contributed by atoms with Crippen molar-refractivity contribution in [1.82, 2.24) is 10.3 Å². The number of alkyl halides is 2. The first-order chi connectivity index (χ1) is 9.12. The molecule has 1 atom stereocenters. The van der Waals surface area contributed by atoms with Gasteiger partial charge >= 0.3 is 5.97 Å². The summed E-state index contributed by atoms with van der Waals surface area (Å²) in [6, 6.07) is 1.13. The van der Waals surface area contributed by atoms with E-state index in [1.165, 1.54) is 6.07 Å². The molecule has 0 bridgehead atoms. The van der Waals surface area contributed by atoms with Crippen LogP contribution in [-0.4, -0.2) is 28.0 Å². The molecule has 110 valence electrons. The zero-order valence-electron chi connectivity index (χ0n) is 11.4. The van der Waals surface area contributed by atoms with Crippen LogP contribution in [0.4, 0.5) is 8.78 Å². The predicted octanol–water partition coefficient (Wildman–Crippen LogP) is 2.25. The van der Waals surface area contributed by atoms with Gasteiger partial charge in [0.25, 0.3) is 12.3 Å². The minimum Gasteiger partial charge on any atom is -0.480 e. The van der Waals surface area contributed by atoms with Crippen molar-refractivity contribution in [3.8, 4) is 0 Å². The predicted molar refractivity (Wildman–Crippen MR) is 67.5 cm³/mol. The lowest BCUT2D eigenvalue weighted by Crippen LogP contribution is -2.49. The Morgan fingerprint density at radius 1 is 1.30 bits per heavy atom. The maximum atomic E-state index is 12.3. The van der Waals surface area contributed by atoms with Crippen LogP contribution < -0.4 is 5.32 Å². The summed E-state index contributed by atoms with van der Waals surface area (Å²) in [7, 11) is 0. The largest absolute Gasteiger partial charge is 0.480 e. The lowest BCUT2D eigenvalue weighted by molar-refractivity contribution is -0.142. The van der Waals surface area contributed by atoms with Crippen LogP contribution in [-0.2, 0) is 4.79 Å². The number of carbonyl (C=O) groups is 2. The molecule has 0 aliphatic heterocycles. The zero-order chi connectivity index (χ0) is 15.5. The summed E-state index contributed by atoms with van der Waals surface area (Å²) < 4.78 is 24.7. The summed E-state index contributed by atoms with van der Waals surface area (Å²) in [6.45, 7) is 5.01. The second-order valence-electron chi connectivity index (χ2n) is 5.38. The van der Waals surface area contributed by atoms with E-state index in [4.69, 9.17) is 5.11 Å². The summed E-state index contributed by atoms with van der Waals surface area (Å²) in [5, 5.41) is 11.4. The Balaban J connectivity index is 2.87. The number of halogens is 2. The average Bonchev–Trinajstić information content (AvgIpc) is 2.33. The lowest BCUT2D eigenvalue weighted by atomic mass is 9.86. The van der Waals surface area contributed by atoms with E-state index in [2.05, 4.69) is 10.3 Å². The number of aliphatic carboxylic acids is 1. The van der Waals surface area contributed by atoms with Gasteiger partial charge in [0.05, 0.1) is 5.56 Å². The van der Waals surface area contributed by atoms with Crippen molar-refractivity contribution >= 4 is 11.9 Å². The van der Waals surface area contributed by atoms with Crippen molar-refractivity contribution in [3.05, 3.63) is 29.6 Å². The van der Waals surface area contributed by atoms with E-state index < -0.39 is 35.5 Å². The zero-order valence-corrected chi connectivity index (χ0v) is 11.4. The molecule has 7 heteroatoms. The molecule has 0 saturated carbocycles. The summed E-state index contributed by atoms with van der Waals surface area (Å²) in [5.41, 5.74) is -1.09. The van der Waals surface area contributed by atoms with Gasteiger partial charge in [0.1, 0.15) is 11.7 Å². The molecule has 1 aromatic rings. The topological polar surface area (TPSA) is 79.3 Å². The molecule has 1 rings (SSSR count). The molecule has 1 amide bonds. The van der Waals surface area contributed by atoms with Gasteiger partial charge in [-0.3, -0.25) is 9.78 Å². The number of carboxylic acids is 1. The SMILES string of the molecule is CC(C)(C)C(NC(=O)c1ccc(C(F)F)nc1)C(=O)O. The highest BCUT2D eigenvalue weighted by atomic mass is 19.3. The molecule has 2 N–H and O–H groups in total. The molecule has 0 aliphatic rings. The fourth-order valence-electron chi connectivity index (χ4n) is 1.53. The molecular weight excluding hydrogens is 270 g/mol. The Bertz CT molecular complexity index is 495. The summed E-state index contributed by atoms with van der Waals surface area (Å²) in [5.74, 6) is -1.83. The summed E-state index contributed by atoms with van der Waals surface area (Å²) in [6.07, 6.45) is -1.72. The van der Waals surface area contributed by atoms with Gasteiger partial charge in [-0.15, -0.1) is 0 Å². The Kier molecular flexibility index (Phi) is 4.75. The molecule has 1 heterocycles. The monoisotopic (exact) mass is 286 g/mol. The van der Waals surface area contributed by atoms with E-state index in [1.54, 1.807) is 20.8 Å². The number of aromatic nitrogens is 1. The Morgan fingerprint density at radius 3 is 2.25 bits per heavy atom. The fraction of sp³-hybridized carbons (Fsp3) is 0.462. The highest BCUT2D eigenvalue weighted by Gasteiger charge is 2.32. The van der Waals surface area contributed by atoms with Crippen LogP contribution in [0.1, 0.15) is 43.2 Å². The van der Waals surface area contributed by atoms with Gasteiger partial charge in [-0.2, -0.15) is 0 Å².